The zero-order valence-corrected chi connectivity index (χ0v) is 10.1. The van der Waals surface area contributed by atoms with Crippen molar-refractivity contribution in [3.8, 4) is 6.07 Å². The zero-order chi connectivity index (χ0) is 12.9. The van der Waals surface area contributed by atoms with E-state index in [4.69, 9.17) is 5.26 Å². The second-order valence-electron chi connectivity index (χ2n) is 3.29. The van der Waals surface area contributed by atoms with Crippen molar-refractivity contribution in [1.29, 1.82) is 5.26 Å². The first-order valence-corrected chi connectivity index (χ1v) is 6.49. The Morgan fingerprint density at radius 1 is 1.47 bits per heavy atom. The molecular weight excluding hydrogens is 240 g/mol. The van der Waals surface area contributed by atoms with Crippen LogP contribution in [-0.4, -0.2) is 20.7 Å². The van der Waals surface area contributed by atoms with Gasteiger partial charge in [-0.3, -0.25) is 4.79 Å². The summed E-state index contributed by atoms with van der Waals surface area (Å²) in [5.41, 5.74) is 0.354. The molecule has 0 bridgehead atoms. The standard InChI is InChI=1S/C11H12N2O3S/c1-2-11(14)9-4-3-5-10(8-9)17(15,16)13-7-6-12/h3-5,8,13H,2,7H2,1H3. The lowest BCUT2D eigenvalue weighted by Gasteiger charge is -2.05. The first-order chi connectivity index (χ1) is 8.01. The Hall–Kier alpha value is -1.71. The highest BCUT2D eigenvalue weighted by atomic mass is 32.2. The predicted molar refractivity (Wildman–Crippen MR) is 61.9 cm³/mol. The number of Topliss-reactive ketones (excluding diaryl/α,β-unsaturated/α-hetero) is 1. The first-order valence-electron chi connectivity index (χ1n) is 5.01. The van der Waals surface area contributed by atoms with Crippen molar-refractivity contribution in [2.24, 2.45) is 0 Å². The lowest BCUT2D eigenvalue weighted by Crippen LogP contribution is -2.24. The van der Waals surface area contributed by atoms with Gasteiger partial charge in [-0.2, -0.15) is 9.98 Å². The molecule has 1 rings (SSSR count). The Kier molecular flexibility index (Phi) is 4.37. The number of nitrogens with zero attached hydrogens (tertiary/aromatic N) is 1. The smallest absolute Gasteiger partial charge is 0.241 e. The molecule has 1 N–H and O–H groups in total. The van der Waals surface area contributed by atoms with Crippen molar-refractivity contribution in [2.45, 2.75) is 18.2 Å². The molecule has 0 aliphatic rings. The van der Waals surface area contributed by atoms with Gasteiger partial charge in [0.25, 0.3) is 0 Å². The van der Waals surface area contributed by atoms with E-state index in [1.54, 1.807) is 19.1 Å². The number of hydrogen-bond acceptors (Lipinski definition) is 4. The van der Waals surface area contributed by atoms with Crippen LogP contribution in [0, 0.1) is 11.3 Å². The van der Waals surface area contributed by atoms with E-state index in [1.165, 1.54) is 18.2 Å². The van der Waals surface area contributed by atoms with Crippen LogP contribution in [-0.2, 0) is 10.0 Å². The van der Waals surface area contributed by atoms with E-state index in [2.05, 4.69) is 4.72 Å². The van der Waals surface area contributed by atoms with Crippen LogP contribution in [0.1, 0.15) is 23.7 Å². The number of carbonyl (C=O) groups excluding carboxylic acids is 1. The molecule has 0 amide bonds. The molecule has 0 fully saturated rings. The average Bonchev–Trinajstić information content (AvgIpc) is 2.35. The highest BCUT2D eigenvalue weighted by Crippen LogP contribution is 2.12. The van der Waals surface area contributed by atoms with E-state index in [0.29, 0.717) is 12.0 Å². The Labute approximate surface area is 100 Å². The van der Waals surface area contributed by atoms with Gasteiger partial charge >= 0.3 is 0 Å². The van der Waals surface area contributed by atoms with Gasteiger partial charge in [0.05, 0.1) is 17.5 Å². The SMILES string of the molecule is CCC(=O)c1cccc(S(=O)(=O)NCC#N)c1. The summed E-state index contributed by atoms with van der Waals surface area (Å²) in [5, 5.41) is 8.33. The molecule has 0 saturated heterocycles. The third kappa shape index (κ3) is 3.37. The number of hydrogen-bond donors (Lipinski definition) is 1. The highest BCUT2D eigenvalue weighted by Gasteiger charge is 2.14. The number of carbonyl (C=O) groups is 1. The maximum absolute atomic E-state index is 11.7. The maximum atomic E-state index is 11.7. The van der Waals surface area contributed by atoms with Gasteiger partial charge in [-0.1, -0.05) is 19.1 Å². The van der Waals surface area contributed by atoms with E-state index in [0.717, 1.165) is 0 Å². The molecule has 0 atom stereocenters. The molecule has 90 valence electrons. The van der Waals surface area contributed by atoms with Crippen LogP contribution in [0.25, 0.3) is 0 Å². The van der Waals surface area contributed by atoms with Crippen LogP contribution in [0.5, 0.6) is 0 Å². The van der Waals surface area contributed by atoms with Gasteiger partial charge in [0.1, 0.15) is 0 Å². The summed E-state index contributed by atoms with van der Waals surface area (Å²) < 4.78 is 25.5. The number of ketones is 1. The Balaban J connectivity index is 3.08. The summed E-state index contributed by atoms with van der Waals surface area (Å²) in [5.74, 6) is -0.123. The molecule has 0 unspecified atom stereocenters. The second kappa shape index (κ2) is 5.57. The quantitative estimate of drug-likeness (QED) is 0.627. The minimum atomic E-state index is -3.71. The monoisotopic (exact) mass is 252 g/mol. The molecule has 0 aliphatic heterocycles. The Morgan fingerprint density at radius 2 is 2.18 bits per heavy atom. The number of rotatable bonds is 5. The number of benzene rings is 1. The predicted octanol–water partition coefficient (Wildman–Crippen LogP) is 1.08. The summed E-state index contributed by atoms with van der Waals surface area (Å²) in [6.45, 7) is 1.41. The largest absolute Gasteiger partial charge is 0.294 e. The maximum Gasteiger partial charge on any atom is 0.241 e. The van der Waals surface area contributed by atoms with Crippen molar-refractivity contribution in [1.82, 2.24) is 4.72 Å². The summed E-state index contributed by atoms with van der Waals surface area (Å²) in [6, 6.07) is 7.45. The van der Waals surface area contributed by atoms with Crippen LogP contribution in [0.15, 0.2) is 29.2 Å². The third-order valence-electron chi connectivity index (χ3n) is 2.13. The summed E-state index contributed by atoms with van der Waals surface area (Å²) >= 11 is 0. The third-order valence-corrected chi connectivity index (χ3v) is 3.53. The fourth-order valence-corrected chi connectivity index (χ4v) is 2.21. The average molecular weight is 252 g/mol. The molecule has 0 saturated carbocycles. The molecule has 0 spiro atoms. The lowest BCUT2D eigenvalue weighted by molar-refractivity contribution is 0.0988. The summed E-state index contributed by atoms with van der Waals surface area (Å²) in [6.07, 6.45) is 0.315. The number of sulfonamides is 1. The van der Waals surface area contributed by atoms with E-state index in [-0.39, 0.29) is 17.2 Å². The molecule has 5 nitrogen and oxygen atoms in total. The first kappa shape index (κ1) is 13.4. The van der Waals surface area contributed by atoms with Crippen molar-refractivity contribution >= 4 is 15.8 Å². The molecule has 6 heteroatoms. The van der Waals surface area contributed by atoms with Gasteiger partial charge in [-0.25, -0.2) is 8.42 Å². The zero-order valence-electron chi connectivity index (χ0n) is 9.30. The van der Waals surface area contributed by atoms with Crippen LogP contribution < -0.4 is 4.72 Å². The molecule has 0 aromatic heterocycles. The van der Waals surface area contributed by atoms with Crippen LogP contribution >= 0.6 is 0 Å². The van der Waals surface area contributed by atoms with Gasteiger partial charge in [-0.05, 0) is 12.1 Å². The van der Waals surface area contributed by atoms with E-state index >= 15 is 0 Å². The Bertz CT molecular complexity index is 558. The number of nitriles is 1. The highest BCUT2D eigenvalue weighted by molar-refractivity contribution is 7.89. The summed E-state index contributed by atoms with van der Waals surface area (Å²) in [7, 11) is -3.71. The van der Waals surface area contributed by atoms with Crippen LogP contribution in [0.4, 0.5) is 0 Å². The molecule has 0 aliphatic carbocycles. The van der Waals surface area contributed by atoms with Crippen LogP contribution in [0.3, 0.4) is 0 Å². The molecule has 1 aromatic carbocycles. The van der Waals surface area contributed by atoms with E-state index in [1.807, 2.05) is 0 Å². The Morgan fingerprint density at radius 3 is 2.76 bits per heavy atom. The van der Waals surface area contributed by atoms with Crippen molar-refractivity contribution in [3.05, 3.63) is 29.8 Å². The fraction of sp³-hybridized carbons (Fsp3) is 0.273. The fourth-order valence-electron chi connectivity index (χ4n) is 1.25. The lowest BCUT2D eigenvalue weighted by atomic mass is 10.1. The molecule has 1 aromatic rings. The minimum Gasteiger partial charge on any atom is -0.294 e. The summed E-state index contributed by atoms with van der Waals surface area (Å²) in [4.78, 5) is 11.4. The number of nitrogens with one attached hydrogen (secondary N) is 1. The normalized spacial score (nSPS) is 10.8. The van der Waals surface area contributed by atoms with Crippen molar-refractivity contribution in [2.75, 3.05) is 6.54 Å². The molecular formula is C11H12N2O3S. The minimum absolute atomic E-state index is 0.00736. The second-order valence-corrected chi connectivity index (χ2v) is 5.05. The van der Waals surface area contributed by atoms with Gasteiger partial charge in [0.2, 0.25) is 10.0 Å². The molecule has 0 radical (unpaired) electrons. The van der Waals surface area contributed by atoms with E-state index in [9.17, 15) is 13.2 Å². The van der Waals surface area contributed by atoms with Gasteiger partial charge in [0.15, 0.2) is 5.78 Å². The van der Waals surface area contributed by atoms with Crippen molar-refractivity contribution in [3.63, 3.8) is 0 Å². The van der Waals surface area contributed by atoms with E-state index < -0.39 is 10.0 Å². The molecule has 17 heavy (non-hydrogen) atoms. The van der Waals surface area contributed by atoms with Gasteiger partial charge in [-0.15, -0.1) is 0 Å². The van der Waals surface area contributed by atoms with Gasteiger partial charge in [0, 0.05) is 12.0 Å². The van der Waals surface area contributed by atoms with Crippen LogP contribution in [0.2, 0.25) is 0 Å². The van der Waals surface area contributed by atoms with Crippen molar-refractivity contribution < 1.29 is 13.2 Å². The molecule has 0 heterocycles. The van der Waals surface area contributed by atoms with Gasteiger partial charge < -0.3 is 0 Å². The topological polar surface area (TPSA) is 87.0 Å².